The lowest BCUT2D eigenvalue weighted by molar-refractivity contribution is 0.0696. The number of amides is 2. The van der Waals surface area contributed by atoms with Crippen molar-refractivity contribution in [3.63, 3.8) is 0 Å². The van der Waals surface area contributed by atoms with Gasteiger partial charge in [0.2, 0.25) is 0 Å². The van der Waals surface area contributed by atoms with Crippen molar-refractivity contribution in [2.45, 2.75) is 13.3 Å². The highest BCUT2D eigenvalue weighted by Crippen LogP contribution is 2.36. The van der Waals surface area contributed by atoms with Gasteiger partial charge in [0.1, 0.15) is 5.75 Å². The molecule has 1 fully saturated rings. The average molecular weight is 264 g/mol. The maximum absolute atomic E-state index is 11.6. The first-order valence-corrected chi connectivity index (χ1v) is 6.08. The molecule has 102 valence electrons. The smallest absolute Gasteiger partial charge is 0.335 e. The number of urea groups is 1. The number of rotatable bonds is 4. The minimum absolute atomic E-state index is 0.0322. The predicted molar refractivity (Wildman–Crippen MR) is 69.4 cm³/mol. The summed E-state index contributed by atoms with van der Waals surface area (Å²) in [6, 6.07) is 3.37. The Morgan fingerprint density at radius 3 is 2.63 bits per heavy atom. The fourth-order valence-corrected chi connectivity index (χ4v) is 1.84. The van der Waals surface area contributed by atoms with E-state index in [-0.39, 0.29) is 17.0 Å². The van der Waals surface area contributed by atoms with Crippen LogP contribution in [-0.2, 0) is 0 Å². The zero-order valence-corrected chi connectivity index (χ0v) is 10.5. The van der Waals surface area contributed by atoms with Crippen LogP contribution in [0, 0.1) is 11.8 Å². The number of phenols is 1. The molecule has 4 N–H and O–H groups in total. The number of aromatic hydroxyl groups is 1. The van der Waals surface area contributed by atoms with Gasteiger partial charge in [0.15, 0.2) is 0 Å². The van der Waals surface area contributed by atoms with E-state index in [0.29, 0.717) is 18.4 Å². The van der Waals surface area contributed by atoms with Crippen LogP contribution in [0.3, 0.4) is 0 Å². The highest BCUT2D eigenvalue weighted by molar-refractivity contribution is 5.93. The number of carbonyl (C=O) groups excluding carboxylic acids is 1. The largest absolute Gasteiger partial charge is 0.506 e. The molecule has 0 bridgehead atoms. The lowest BCUT2D eigenvalue weighted by atomic mass is 10.2. The molecule has 0 radical (unpaired) electrons. The summed E-state index contributed by atoms with van der Waals surface area (Å²) in [4.78, 5) is 22.3. The topological polar surface area (TPSA) is 98.7 Å². The highest BCUT2D eigenvalue weighted by Gasteiger charge is 2.32. The number of nitrogens with one attached hydrogen (secondary N) is 2. The van der Waals surface area contributed by atoms with Gasteiger partial charge in [0.25, 0.3) is 0 Å². The second-order valence-corrected chi connectivity index (χ2v) is 4.85. The number of hydrogen-bond acceptors (Lipinski definition) is 3. The molecule has 0 aliphatic heterocycles. The molecule has 0 spiro atoms. The van der Waals surface area contributed by atoms with E-state index in [1.54, 1.807) is 0 Å². The summed E-state index contributed by atoms with van der Waals surface area (Å²) in [5.41, 5.74) is 0.154. The summed E-state index contributed by atoms with van der Waals surface area (Å²) in [6.45, 7) is 2.74. The van der Waals surface area contributed by atoms with Crippen LogP contribution in [0.4, 0.5) is 10.5 Å². The Kier molecular flexibility index (Phi) is 3.59. The van der Waals surface area contributed by atoms with Gasteiger partial charge in [0.05, 0.1) is 11.3 Å². The van der Waals surface area contributed by atoms with Crippen LogP contribution in [0.25, 0.3) is 0 Å². The molecule has 1 aromatic carbocycles. The van der Waals surface area contributed by atoms with Gasteiger partial charge in [0, 0.05) is 6.54 Å². The summed E-state index contributed by atoms with van der Waals surface area (Å²) < 4.78 is 0. The molecule has 2 rings (SSSR count). The third kappa shape index (κ3) is 3.37. The van der Waals surface area contributed by atoms with E-state index in [9.17, 15) is 14.7 Å². The number of benzene rings is 1. The van der Waals surface area contributed by atoms with Crippen LogP contribution < -0.4 is 10.6 Å². The second kappa shape index (κ2) is 5.17. The monoisotopic (exact) mass is 264 g/mol. The Morgan fingerprint density at radius 1 is 1.42 bits per heavy atom. The molecular formula is C13H16N2O4. The first kappa shape index (κ1) is 13.2. The fourth-order valence-electron chi connectivity index (χ4n) is 1.84. The van der Waals surface area contributed by atoms with Crippen molar-refractivity contribution >= 4 is 17.7 Å². The van der Waals surface area contributed by atoms with Crippen LogP contribution in [0.5, 0.6) is 5.75 Å². The van der Waals surface area contributed by atoms with Crippen LogP contribution in [0.1, 0.15) is 23.7 Å². The van der Waals surface area contributed by atoms with Gasteiger partial charge in [-0.15, -0.1) is 0 Å². The van der Waals surface area contributed by atoms with Crippen LogP contribution in [-0.4, -0.2) is 28.8 Å². The summed E-state index contributed by atoms with van der Waals surface area (Å²) in [7, 11) is 0. The van der Waals surface area contributed by atoms with E-state index in [1.165, 1.54) is 12.1 Å². The number of carboxylic acids is 1. The predicted octanol–water partition coefficient (Wildman–Crippen LogP) is 1.87. The normalized spacial score (nSPS) is 20.7. The van der Waals surface area contributed by atoms with Crippen molar-refractivity contribution in [3.8, 4) is 5.75 Å². The van der Waals surface area contributed by atoms with E-state index >= 15 is 0 Å². The number of carboxylic acid groups (broad SMARTS) is 1. The zero-order valence-electron chi connectivity index (χ0n) is 10.5. The number of hydrogen-bond donors (Lipinski definition) is 4. The molecule has 2 unspecified atom stereocenters. The summed E-state index contributed by atoms with van der Waals surface area (Å²) in [6.07, 6.45) is 1.12. The van der Waals surface area contributed by atoms with Gasteiger partial charge in [-0.1, -0.05) is 6.92 Å². The standard InChI is InChI=1S/C13H16N2O4/c1-7-4-9(7)6-14-13(19)15-10-3-2-8(12(17)18)5-11(10)16/h2-3,5,7,9,16H,4,6H2,1H3,(H,17,18)(H2,14,15,19). The van der Waals surface area contributed by atoms with Crippen molar-refractivity contribution in [1.29, 1.82) is 0 Å². The number of phenolic OH excluding ortho intramolecular Hbond substituents is 1. The first-order valence-electron chi connectivity index (χ1n) is 6.08. The van der Waals surface area contributed by atoms with Gasteiger partial charge in [-0.25, -0.2) is 9.59 Å². The van der Waals surface area contributed by atoms with Crippen molar-refractivity contribution in [1.82, 2.24) is 5.32 Å². The van der Waals surface area contributed by atoms with E-state index in [2.05, 4.69) is 17.6 Å². The Bertz CT molecular complexity index is 515. The molecule has 0 saturated heterocycles. The molecule has 6 heteroatoms. The first-order chi connectivity index (χ1) is 8.97. The van der Waals surface area contributed by atoms with Gasteiger partial charge in [-0.2, -0.15) is 0 Å². The average Bonchev–Trinajstić information content (AvgIpc) is 3.05. The van der Waals surface area contributed by atoms with Gasteiger partial charge in [-0.3, -0.25) is 0 Å². The SMILES string of the molecule is CC1CC1CNC(=O)Nc1ccc(C(=O)O)cc1O. The summed E-state index contributed by atoms with van der Waals surface area (Å²) >= 11 is 0. The van der Waals surface area contributed by atoms with Crippen molar-refractivity contribution in [2.75, 3.05) is 11.9 Å². The van der Waals surface area contributed by atoms with Crippen LogP contribution in [0.15, 0.2) is 18.2 Å². The summed E-state index contributed by atoms with van der Waals surface area (Å²) in [5.74, 6) is -0.207. The molecule has 1 saturated carbocycles. The zero-order chi connectivity index (χ0) is 14.0. The van der Waals surface area contributed by atoms with E-state index in [4.69, 9.17) is 5.11 Å². The van der Waals surface area contributed by atoms with E-state index in [1.807, 2.05) is 0 Å². The highest BCUT2D eigenvalue weighted by atomic mass is 16.4. The molecular weight excluding hydrogens is 248 g/mol. The van der Waals surface area contributed by atoms with Crippen molar-refractivity contribution < 1.29 is 19.8 Å². The van der Waals surface area contributed by atoms with Crippen LogP contribution >= 0.6 is 0 Å². The third-order valence-electron chi connectivity index (χ3n) is 3.29. The Labute approximate surface area is 110 Å². The molecule has 2 atom stereocenters. The fraction of sp³-hybridized carbons (Fsp3) is 0.385. The number of anilines is 1. The van der Waals surface area contributed by atoms with Crippen molar-refractivity contribution in [3.05, 3.63) is 23.8 Å². The molecule has 6 nitrogen and oxygen atoms in total. The van der Waals surface area contributed by atoms with Crippen molar-refractivity contribution in [2.24, 2.45) is 11.8 Å². The lowest BCUT2D eigenvalue weighted by Gasteiger charge is -2.09. The summed E-state index contributed by atoms with van der Waals surface area (Å²) in [5, 5.41) is 23.6. The molecule has 0 aromatic heterocycles. The minimum atomic E-state index is -1.13. The second-order valence-electron chi connectivity index (χ2n) is 4.85. The molecule has 0 heterocycles. The Morgan fingerprint density at radius 2 is 2.11 bits per heavy atom. The van der Waals surface area contributed by atoms with E-state index < -0.39 is 12.0 Å². The van der Waals surface area contributed by atoms with Gasteiger partial charge in [-0.05, 0) is 36.5 Å². The minimum Gasteiger partial charge on any atom is -0.506 e. The maximum atomic E-state index is 11.6. The molecule has 2 amide bonds. The molecule has 1 aromatic rings. The maximum Gasteiger partial charge on any atom is 0.335 e. The number of carbonyl (C=O) groups is 2. The molecule has 1 aliphatic carbocycles. The molecule has 1 aliphatic rings. The van der Waals surface area contributed by atoms with E-state index in [0.717, 1.165) is 12.5 Å². The Balaban J connectivity index is 1.91. The number of aromatic carboxylic acids is 1. The lowest BCUT2D eigenvalue weighted by Crippen LogP contribution is -2.30. The quantitative estimate of drug-likeness (QED) is 0.624. The molecule has 19 heavy (non-hydrogen) atoms. The third-order valence-corrected chi connectivity index (χ3v) is 3.29. The Hall–Kier alpha value is -2.24. The van der Waals surface area contributed by atoms with Crippen LogP contribution in [0.2, 0.25) is 0 Å². The van der Waals surface area contributed by atoms with Gasteiger partial charge >= 0.3 is 12.0 Å². The van der Waals surface area contributed by atoms with Gasteiger partial charge < -0.3 is 20.8 Å².